The van der Waals surface area contributed by atoms with Gasteiger partial charge < -0.3 is 0 Å². The molecule has 1 heterocycles. The Labute approximate surface area is 72.6 Å². The van der Waals surface area contributed by atoms with Gasteiger partial charge in [0.05, 0.1) is 6.20 Å². The van der Waals surface area contributed by atoms with Crippen LogP contribution in [0.2, 0.25) is 0 Å². The van der Waals surface area contributed by atoms with E-state index in [1.165, 1.54) is 0 Å². The van der Waals surface area contributed by atoms with Gasteiger partial charge in [-0.3, -0.25) is 4.68 Å². The minimum absolute atomic E-state index is 0.164. The molecule has 0 spiro atoms. The molecular formula is C9H13N3. The number of nitriles is 1. The minimum atomic E-state index is 0.164. The molecule has 0 radical (unpaired) electrons. The van der Waals surface area contributed by atoms with Gasteiger partial charge in [0.1, 0.15) is 11.8 Å². The highest BCUT2D eigenvalue weighted by Crippen LogP contribution is 2.16. The molecule has 0 unspecified atom stereocenters. The molecule has 0 bridgehead atoms. The third-order valence-electron chi connectivity index (χ3n) is 1.46. The molecule has 1 aromatic heterocycles. The summed E-state index contributed by atoms with van der Waals surface area (Å²) in [4.78, 5) is 0. The maximum Gasteiger partial charge on any atom is 0.138 e. The van der Waals surface area contributed by atoms with Crippen molar-refractivity contribution in [3.63, 3.8) is 0 Å². The third-order valence-corrected chi connectivity index (χ3v) is 1.46. The number of hydrogen-bond acceptors (Lipinski definition) is 2. The second-order valence-electron chi connectivity index (χ2n) is 4.05. The number of aromatic nitrogens is 2. The second-order valence-corrected chi connectivity index (χ2v) is 4.05. The van der Waals surface area contributed by atoms with E-state index in [9.17, 15) is 0 Å². The summed E-state index contributed by atoms with van der Waals surface area (Å²) in [6.07, 6.45) is 1.66. The van der Waals surface area contributed by atoms with Crippen LogP contribution in [0.5, 0.6) is 0 Å². The van der Waals surface area contributed by atoms with Crippen LogP contribution in [0, 0.1) is 16.7 Å². The van der Waals surface area contributed by atoms with E-state index < -0.39 is 0 Å². The summed E-state index contributed by atoms with van der Waals surface area (Å²) in [6, 6.07) is 3.83. The molecule has 0 saturated heterocycles. The molecule has 0 atom stereocenters. The summed E-state index contributed by atoms with van der Waals surface area (Å²) >= 11 is 0. The first-order valence-corrected chi connectivity index (χ1v) is 3.95. The summed E-state index contributed by atoms with van der Waals surface area (Å²) < 4.78 is 1.74. The van der Waals surface area contributed by atoms with Crippen molar-refractivity contribution >= 4 is 0 Å². The van der Waals surface area contributed by atoms with Gasteiger partial charge in [-0.2, -0.15) is 10.4 Å². The van der Waals surface area contributed by atoms with Crippen molar-refractivity contribution in [2.45, 2.75) is 27.3 Å². The number of hydrogen-bond donors (Lipinski definition) is 0. The Morgan fingerprint density at radius 3 is 2.75 bits per heavy atom. The van der Waals surface area contributed by atoms with Crippen LogP contribution in [-0.4, -0.2) is 9.78 Å². The zero-order chi connectivity index (χ0) is 9.19. The van der Waals surface area contributed by atoms with Crippen molar-refractivity contribution in [2.24, 2.45) is 5.41 Å². The van der Waals surface area contributed by atoms with Crippen LogP contribution in [-0.2, 0) is 6.54 Å². The SMILES string of the molecule is CC(C)(C)Cn1nccc1C#N. The number of rotatable bonds is 1. The third kappa shape index (κ3) is 2.09. The highest BCUT2D eigenvalue weighted by molar-refractivity contribution is 5.18. The minimum Gasteiger partial charge on any atom is -0.254 e. The molecular weight excluding hydrogens is 150 g/mol. The summed E-state index contributed by atoms with van der Waals surface area (Å²) in [5.74, 6) is 0. The van der Waals surface area contributed by atoms with E-state index in [2.05, 4.69) is 31.9 Å². The molecule has 64 valence electrons. The summed E-state index contributed by atoms with van der Waals surface area (Å²) in [7, 11) is 0. The van der Waals surface area contributed by atoms with Crippen molar-refractivity contribution < 1.29 is 0 Å². The van der Waals surface area contributed by atoms with Crippen molar-refractivity contribution in [1.82, 2.24) is 9.78 Å². The lowest BCUT2D eigenvalue weighted by atomic mass is 9.97. The molecule has 3 nitrogen and oxygen atoms in total. The maximum absolute atomic E-state index is 8.69. The van der Waals surface area contributed by atoms with E-state index in [1.54, 1.807) is 16.9 Å². The van der Waals surface area contributed by atoms with Crippen LogP contribution in [0.4, 0.5) is 0 Å². The lowest BCUT2D eigenvalue weighted by molar-refractivity contribution is 0.324. The van der Waals surface area contributed by atoms with E-state index >= 15 is 0 Å². The molecule has 12 heavy (non-hydrogen) atoms. The quantitative estimate of drug-likeness (QED) is 0.633. The molecule has 0 fully saturated rings. The van der Waals surface area contributed by atoms with Crippen molar-refractivity contribution in [3.8, 4) is 6.07 Å². The van der Waals surface area contributed by atoms with Gasteiger partial charge in [0.15, 0.2) is 0 Å². The van der Waals surface area contributed by atoms with E-state index in [0.717, 1.165) is 6.54 Å². The van der Waals surface area contributed by atoms with Crippen molar-refractivity contribution in [3.05, 3.63) is 18.0 Å². The fourth-order valence-corrected chi connectivity index (χ4v) is 1.00. The van der Waals surface area contributed by atoms with Crippen LogP contribution in [0.15, 0.2) is 12.3 Å². The normalized spacial score (nSPS) is 11.2. The Bertz CT molecular complexity index is 298. The smallest absolute Gasteiger partial charge is 0.138 e. The Kier molecular flexibility index (Phi) is 2.18. The summed E-state index contributed by atoms with van der Waals surface area (Å²) in [5.41, 5.74) is 0.794. The molecule has 3 heteroatoms. The standard InChI is InChI=1S/C9H13N3/c1-9(2,3)7-12-8(6-10)4-5-11-12/h4-5H,7H2,1-3H3. The highest BCUT2D eigenvalue weighted by Gasteiger charge is 2.13. The highest BCUT2D eigenvalue weighted by atomic mass is 15.3. The first kappa shape index (κ1) is 8.79. The molecule has 0 saturated carbocycles. The average Bonchev–Trinajstić information content (AvgIpc) is 2.31. The van der Waals surface area contributed by atoms with Crippen LogP contribution in [0.25, 0.3) is 0 Å². The van der Waals surface area contributed by atoms with Crippen LogP contribution < -0.4 is 0 Å². The van der Waals surface area contributed by atoms with Gasteiger partial charge in [-0.15, -0.1) is 0 Å². The van der Waals surface area contributed by atoms with Gasteiger partial charge >= 0.3 is 0 Å². The zero-order valence-corrected chi connectivity index (χ0v) is 7.70. The first-order chi connectivity index (χ1) is 5.53. The van der Waals surface area contributed by atoms with Crippen molar-refractivity contribution in [2.75, 3.05) is 0 Å². The number of nitrogens with zero attached hydrogens (tertiary/aromatic N) is 3. The van der Waals surface area contributed by atoms with Gasteiger partial charge in [0, 0.05) is 6.54 Å². The summed E-state index contributed by atoms with van der Waals surface area (Å²) in [5, 5.41) is 12.8. The van der Waals surface area contributed by atoms with Gasteiger partial charge in [0.25, 0.3) is 0 Å². The lowest BCUT2D eigenvalue weighted by Gasteiger charge is -2.18. The Morgan fingerprint density at radius 1 is 1.58 bits per heavy atom. The molecule has 0 N–H and O–H groups in total. The van der Waals surface area contributed by atoms with Gasteiger partial charge in [0.2, 0.25) is 0 Å². The largest absolute Gasteiger partial charge is 0.254 e. The Hall–Kier alpha value is -1.30. The fourth-order valence-electron chi connectivity index (χ4n) is 1.00. The molecule has 0 aromatic carbocycles. The van der Waals surface area contributed by atoms with Crippen LogP contribution >= 0.6 is 0 Å². The van der Waals surface area contributed by atoms with E-state index in [1.807, 2.05) is 0 Å². The van der Waals surface area contributed by atoms with Gasteiger partial charge in [-0.25, -0.2) is 0 Å². The average molecular weight is 163 g/mol. The zero-order valence-electron chi connectivity index (χ0n) is 7.70. The molecule has 0 aliphatic rings. The molecule has 0 amide bonds. The lowest BCUT2D eigenvalue weighted by Crippen LogP contribution is -2.17. The topological polar surface area (TPSA) is 41.6 Å². The second kappa shape index (κ2) is 2.98. The molecule has 1 aromatic rings. The van der Waals surface area contributed by atoms with Crippen LogP contribution in [0.1, 0.15) is 26.5 Å². The van der Waals surface area contributed by atoms with E-state index in [0.29, 0.717) is 5.69 Å². The van der Waals surface area contributed by atoms with Gasteiger partial charge in [-0.1, -0.05) is 20.8 Å². The van der Waals surface area contributed by atoms with Crippen molar-refractivity contribution in [1.29, 1.82) is 5.26 Å². The maximum atomic E-state index is 8.69. The molecule has 0 aliphatic heterocycles. The Morgan fingerprint density at radius 2 is 2.25 bits per heavy atom. The van der Waals surface area contributed by atoms with E-state index in [-0.39, 0.29) is 5.41 Å². The summed E-state index contributed by atoms with van der Waals surface area (Å²) in [6.45, 7) is 7.14. The van der Waals surface area contributed by atoms with Gasteiger partial charge in [-0.05, 0) is 11.5 Å². The van der Waals surface area contributed by atoms with Crippen LogP contribution in [0.3, 0.4) is 0 Å². The predicted molar refractivity (Wildman–Crippen MR) is 46.4 cm³/mol. The fraction of sp³-hybridized carbons (Fsp3) is 0.556. The van der Waals surface area contributed by atoms with E-state index in [4.69, 9.17) is 5.26 Å². The monoisotopic (exact) mass is 163 g/mol. The molecule has 0 aliphatic carbocycles. The molecule has 1 rings (SSSR count). The first-order valence-electron chi connectivity index (χ1n) is 3.95. The predicted octanol–water partition coefficient (Wildman–Crippen LogP) is 1.80. The Balaban J connectivity index is 2.84.